The van der Waals surface area contributed by atoms with Crippen LogP contribution in [-0.2, 0) is 0 Å². The predicted octanol–water partition coefficient (Wildman–Crippen LogP) is 3.97. The minimum Gasteiger partial charge on any atom is -0.325 e. The second-order valence-electron chi connectivity index (χ2n) is 4.83. The summed E-state index contributed by atoms with van der Waals surface area (Å²) in [4.78, 5) is 0. The maximum Gasteiger partial charge on any atom is 0.0154 e. The minimum absolute atomic E-state index is 0.0344. The van der Waals surface area contributed by atoms with Crippen LogP contribution in [0.4, 0.5) is 0 Å². The Morgan fingerprint density at radius 3 is 1.86 bits per heavy atom. The molecule has 0 aliphatic carbocycles. The molecule has 0 aromatic rings. The van der Waals surface area contributed by atoms with Crippen LogP contribution in [0.5, 0.6) is 0 Å². The summed E-state index contributed by atoms with van der Waals surface area (Å²) >= 11 is 0. The minimum atomic E-state index is 0.0344. The first-order valence-electron chi connectivity index (χ1n) is 6.32. The van der Waals surface area contributed by atoms with Gasteiger partial charge in [0.2, 0.25) is 0 Å². The molecule has 0 aromatic carbocycles. The fourth-order valence-electron chi connectivity index (χ4n) is 2.53. The molecule has 2 atom stereocenters. The summed E-state index contributed by atoms with van der Waals surface area (Å²) in [5.41, 5.74) is 6.43. The first-order chi connectivity index (χ1) is 6.53. The highest BCUT2D eigenvalue weighted by atomic mass is 14.7. The largest absolute Gasteiger partial charge is 0.325 e. The van der Waals surface area contributed by atoms with E-state index in [1.165, 1.54) is 25.7 Å². The van der Waals surface area contributed by atoms with Gasteiger partial charge in [0.15, 0.2) is 0 Å². The number of nitrogens with two attached hydrogens (primary N) is 1. The van der Waals surface area contributed by atoms with E-state index in [4.69, 9.17) is 5.73 Å². The Labute approximate surface area is 90.5 Å². The average Bonchev–Trinajstić information content (AvgIpc) is 2.18. The van der Waals surface area contributed by atoms with Gasteiger partial charge in [-0.05, 0) is 31.6 Å². The Bertz CT molecular complexity index is 136. The van der Waals surface area contributed by atoms with Crippen LogP contribution in [0.15, 0.2) is 0 Å². The molecule has 0 heterocycles. The molecule has 0 aromatic heterocycles. The third kappa shape index (κ3) is 3.61. The van der Waals surface area contributed by atoms with E-state index in [1.54, 1.807) is 0 Å². The van der Waals surface area contributed by atoms with Gasteiger partial charge in [0, 0.05) is 5.54 Å². The lowest BCUT2D eigenvalue weighted by molar-refractivity contribution is 0.171. The first-order valence-corrected chi connectivity index (χ1v) is 6.32. The van der Waals surface area contributed by atoms with Gasteiger partial charge in [0.05, 0.1) is 0 Å². The van der Waals surface area contributed by atoms with E-state index in [9.17, 15) is 0 Å². The van der Waals surface area contributed by atoms with Crippen molar-refractivity contribution in [3.05, 3.63) is 0 Å². The molecule has 0 aliphatic rings. The van der Waals surface area contributed by atoms with Crippen molar-refractivity contribution in [2.45, 2.75) is 72.3 Å². The van der Waals surface area contributed by atoms with Gasteiger partial charge in [-0.1, -0.05) is 47.0 Å². The normalized spacial score (nSPS) is 18.2. The quantitative estimate of drug-likeness (QED) is 0.659. The van der Waals surface area contributed by atoms with Crippen LogP contribution in [-0.4, -0.2) is 5.54 Å². The summed E-state index contributed by atoms with van der Waals surface area (Å²) in [7, 11) is 0. The van der Waals surface area contributed by atoms with Gasteiger partial charge in [0.1, 0.15) is 0 Å². The Morgan fingerprint density at radius 2 is 1.57 bits per heavy atom. The number of hydrogen-bond acceptors (Lipinski definition) is 1. The molecule has 0 radical (unpaired) electrons. The summed E-state index contributed by atoms with van der Waals surface area (Å²) in [5.74, 6) is 1.51. The molecule has 0 spiro atoms. The smallest absolute Gasteiger partial charge is 0.0154 e. The van der Waals surface area contributed by atoms with Crippen molar-refractivity contribution < 1.29 is 0 Å². The van der Waals surface area contributed by atoms with Crippen LogP contribution < -0.4 is 5.73 Å². The molecule has 2 unspecified atom stereocenters. The lowest BCUT2D eigenvalue weighted by Gasteiger charge is -2.38. The third-order valence-corrected chi connectivity index (χ3v) is 3.83. The Hall–Kier alpha value is -0.0400. The van der Waals surface area contributed by atoms with E-state index in [0.717, 1.165) is 12.3 Å². The summed E-state index contributed by atoms with van der Waals surface area (Å²) in [6.45, 7) is 11.3. The zero-order chi connectivity index (χ0) is 11.2. The van der Waals surface area contributed by atoms with Gasteiger partial charge in [0.25, 0.3) is 0 Å². The van der Waals surface area contributed by atoms with Gasteiger partial charge < -0.3 is 5.73 Å². The zero-order valence-electron chi connectivity index (χ0n) is 10.8. The Morgan fingerprint density at radius 1 is 1.07 bits per heavy atom. The van der Waals surface area contributed by atoms with Crippen LogP contribution >= 0.6 is 0 Å². The molecule has 0 aliphatic heterocycles. The highest BCUT2D eigenvalue weighted by Crippen LogP contribution is 2.33. The van der Waals surface area contributed by atoms with Crippen molar-refractivity contribution in [1.29, 1.82) is 0 Å². The molecule has 0 saturated carbocycles. The molecular weight excluding hydrogens is 170 g/mol. The van der Waals surface area contributed by atoms with E-state index < -0.39 is 0 Å². The van der Waals surface area contributed by atoms with Crippen LogP contribution in [0.1, 0.15) is 66.7 Å². The van der Waals surface area contributed by atoms with Gasteiger partial charge in [-0.3, -0.25) is 0 Å². The molecule has 0 rings (SSSR count). The molecular formula is C13H29N. The van der Waals surface area contributed by atoms with Crippen molar-refractivity contribution in [3.8, 4) is 0 Å². The average molecular weight is 199 g/mol. The van der Waals surface area contributed by atoms with E-state index in [-0.39, 0.29) is 5.54 Å². The summed E-state index contributed by atoms with van der Waals surface area (Å²) in [5, 5.41) is 0. The third-order valence-electron chi connectivity index (χ3n) is 3.83. The second kappa shape index (κ2) is 6.44. The van der Waals surface area contributed by atoms with Crippen molar-refractivity contribution >= 4 is 0 Å². The Kier molecular flexibility index (Phi) is 6.43. The van der Waals surface area contributed by atoms with E-state index >= 15 is 0 Å². The molecule has 2 N–H and O–H groups in total. The summed E-state index contributed by atoms with van der Waals surface area (Å²) < 4.78 is 0. The number of hydrogen-bond donors (Lipinski definition) is 1. The van der Waals surface area contributed by atoms with Crippen LogP contribution in [0.3, 0.4) is 0 Å². The van der Waals surface area contributed by atoms with Crippen molar-refractivity contribution in [2.75, 3.05) is 0 Å². The van der Waals surface area contributed by atoms with E-state index in [2.05, 4.69) is 34.6 Å². The highest BCUT2D eigenvalue weighted by Gasteiger charge is 2.32. The predicted molar refractivity (Wildman–Crippen MR) is 65.4 cm³/mol. The molecule has 0 saturated heterocycles. The lowest BCUT2D eigenvalue weighted by atomic mass is 9.71. The van der Waals surface area contributed by atoms with Gasteiger partial charge in [-0.2, -0.15) is 0 Å². The molecule has 0 amide bonds. The molecule has 0 fully saturated rings. The van der Waals surface area contributed by atoms with Crippen molar-refractivity contribution in [3.63, 3.8) is 0 Å². The molecule has 0 bridgehead atoms. The van der Waals surface area contributed by atoms with Gasteiger partial charge in [-0.15, -0.1) is 0 Å². The van der Waals surface area contributed by atoms with Crippen LogP contribution in [0, 0.1) is 11.8 Å². The molecule has 1 nitrogen and oxygen atoms in total. The van der Waals surface area contributed by atoms with E-state index in [0.29, 0.717) is 5.92 Å². The van der Waals surface area contributed by atoms with Crippen LogP contribution in [0.25, 0.3) is 0 Å². The molecule has 86 valence electrons. The summed E-state index contributed by atoms with van der Waals surface area (Å²) in [6.07, 6.45) is 6.18. The number of rotatable bonds is 7. The SMILES string of the molecule is CCCC(C(CC)CC)C(C)(N)CC. The van der Waals surface area contributed by atoms with E-state index in [1.807, 2.05) is 0 Å². The van der Waals surface area contributed by atoms with Crippen molar-refractivity contribution in [2.24, 2.45) is 17.6 Å². The topological polar surface area (TPSA) is 26.0 Å². The maximum atomic E-state index is 6.40. The van der Waals surface area contributed by atoms with Crippen LogP contribution in [0.2, 0.25) is 0 Å². The Balaban J connectivity index is 4.55. The monoisotopic (exact) mass is 199 g/mol. The highest BCUT2D eigenvalue weighted by molar-refractivity contribution is 4.88. The fourth-order valence-corrected chi connectivity index (χ4v) is 2.53. The van der Waals surface area contributed by atoms with Gasteiger partial charge >= 0.3 is 0 Å². The summed E-state index contributed by atoms with van der Waals surface area (Å²) in [6, 6.07) is 0. The van der Waals surface area contributed by atoms with Crippen molar-refractivity contribution in [1.82, 2.24) is 0 Å². The molecule has 14 heavy (non-hydrogen) atoms. The first kappa shape index (κ1) is 14.0. The molecule has 1 heteroatoms. The standard InChI is InChI=1S/C13H29N/c1-6-10-12(11(7-2)8-3)13(5,14)9-4/h11-12H,6-10,14H2,1-5H3. The fraction of sp³-hybridized carbons (Fsp3) is 1.00. The second-order valence-corrected chi connectivity index (χ2v) is 4.83. The van der Waals surface area contributed by atoms with Gasteiger partial charge in [-0.25, -0.2) is 0 Å². The zero-order valence-corrected chi connectivity index (χ0v) is 10.8. The maximum absolute atomic E-state index is 6.40. The lowest BCUT2D eigenvalue weighted by Crippen LogP contribution is -2.46.